The fourth-order valence-electron chi connectivity index (χ4n) is 2.58. The van der Waals surface area contributed by atoms with Crippen molar-refractivity contribution in [2.45, 2.75) is 12.0 Å². The first-order chi connectivity index (χ1) is 9.43. The summed E-state index contributed by atoms with van der Waals surface area (Å²) in [4.78, 5) is 20.0. The molecule has 1 aromatic rings. The predicted molar refractivity (Wildman–Crippen MR) is 74.8 cm³/mol. The van der Waals surface area contributed by atoms with Gasteiger partial charge in [-0.2, -0.15) is 0 Å². The van der Waals surface area contributed by atoms with Crippen molar-refractivity contribution in [1.82, 2.24) is 14.8 Å². The Labute approximate surface area is 119 Å². The minimum Gasteiger partial charge on any atom is -0.481 e. The van der Waals surface area contributed by atoms with Crippen LogP contribution in [-0.2, 0) is 0 Å². The van der Waals surface area contributed by atoms with Gasteiger partial charge in [-0.05, 0) is 26.6 Å². The number of amides is 1. The van der Waals surface area contributed by atoms with E-state index in [-0.39, 0.29) is 5.91 Å². The Kier molecular flexibility index (Phi) is 4.25. The number of carbonyl (C=O) groups excluding carboxylic acids is 1. The number of methoxy groups -OCH3 is 1. The number of hydrogen-bond donors (Lipinski definition) is 1. The van der Waals surface area contributed by atoms with Crippen molar-refractivity contribution in [3.05, 3.63) is 23.9 Å². The summed E-state index contributed by atoms with van der Waals surface area (Å²) in [7, 11) is 5.34. The molecule has 20 heavy (non-hydrogen) atoms. The van der Waals surface area contributed by atoms with E-state index < -0.39 is 5.60 Å². The Hall–Kier alpha value is -1.66. The van der Waals surface area contributed by atoms with Crippen LogP contribution in [0.2, 0.25) is 0 Å². The third-order valence-electron chi connectivity index (χ3n) is 3.42. The fraction of sp³-hybridized carbons (Fsp3) is 0.571. The molecule has 1 aliphatic heterocycles. The van der Waals surface area contributed by atoms with E-state index in [0.717, 1.165) is 0 Å². The maximum atomic E-state index is 12.4. The average molecular weight is 279 g/mol. The van der Waals surface area contributed by atoms with Gasteiger partial charge in [-0.3, -0.25) is 4.79 Å². The van der Waals surface area contributed by atoms with Crippen molar-refractivity contribution in [3.8, 4) is 5.88 Å². The highest BCUT2D eigenvalue weighted by molar-refractivity contribution is 5.94. The number of nitrogens with zero attached hydrogens (tertiary/aromatic N) is 3. The van der Waals surface area contributed by atoms with Crippen LogP contribution in [0, 0.1) is 0 Å². The van der Waals surface area contributed by atoms with Gasteiger partial charge in [-0.25, -0.2) is 4.98 Å². The molecule has 0 aliphatic carbocycles. The lowest BCUT2D eigenvalue weighted by Crippen LogP contribution is -2.43. The molecule has 6 nitrogen and oxygen atoms in total. The lowest BCUT2D eigenvalue weighted by Gasteiger charge is -2.26. The van der Waals surface area contributed by atoms with Crippen LogP contribution in [0.25, 0.3) is 0 Å². The zero-order chi connectivity index (χ0) is 14.8. The van der Waals surface area contributed by atoms with E-state index in [4.69, 9.17) is 4.74 Å². The van der Waals surface area contributed by atoms with Gasteiger partial charge in [0, 0.05) is 30.9 Å². The van der Waals surface area contributed by atoms with Crippen LogP contribution < -0.4 is 4.74 Å². The van der Waals surface area contributed by atoms with Gasteiger partial charge < -0.3 is 19.6 Å². The van der Waals surface area contributed by atoms with Crippen LogP contribution in [0.4, 0.5) is 0 Å². The number of aromatic nitrogens is 1. The van der Waals surface area contributed by atoms with Crippen molar-refractivity contribution in [2.24, 2.45) is 0 Å². The number of carbonyl (C=O) groups is 1. The second-order valence-corrected chi connectivity index (χ2v) is 5.53. The molecule has 110 valence electrons. The normalized spacial score (nSPS) is 22.4. The van der Waals surface area contributed by atoms with E-state index in [0.29, 0.717) is 37.5 Å². The monoisotopic (exact) mass is 279 g/mol. The highest BCUT2D eigenvalue weighted by Gasteiger charge is 2.38. The summed E-state index contributed by atoms with van der Waals surface area (Å²) in [5, 5.41) is 10.5. The summed E-state index contributed by atoms with van der Waals surface area (Å²) >= 11 is 0. The van der Waals surface area contributed by atoms with Crippen LogP contribution in [0.15, 0.2) is 18.3 Å². The van der Waals surface area contributed by atoms with E-state index in [1.54, 1.807) is 23.2 Å². The second kappa shape index (κ2) is 5.76. The number of pyridine rings is 1. The van der Waals surface area contributed by atoms with Crippen molar-refractivity contribution >= 4 is 5.91 Å². The summed E-state index contributed by atoms with van der Waals surface area (Å²) in [5.41, 5.74) is -0.290. The summed E-state index contributed by atoms with van der Waals surface area (Å²) in [6.45, 7) is 1.47. The minimum atomic E-state index is -0.823. The first kappa shape index (κ1) is 14.7. The maximum absolute atomic E-state index is 12.4. The van der Waals surface area contributed by atoms with Crippen molar-refractivity contribution in [1.29, 1.82) is 0 Å². The molecule has 6 heteroatoms. The van der Waals surface area contributed by atoms with E-state index >= 15 is 0 Å². The van der Waals surface area contributed by atoms with E-state index in [9.17, 15) is 9.90 Å². The molecular formula is C14H21N3O3. The van der Waals surface area contributed by atoms with Gasteiger partial charge in [0.2, 0.25) is 5.88 Å². The van der Waals surface area contributed by atoms with E-state index in [2.05, 4.69) is 4.98 Å². The lowest BCUT2D eigenvalue weighted by atomic mass is 10.0. The van der Waals surface area contributed by atoms with E-state index in [1.807, 2.05) is 19.0 Å². The smallest absolute Gasteiger partial charge is 0.254 e. The van der Waals surface area contributed by atoms with Gasteiger partial charge in [0.15, 0.2) is 0 Å². The average Bonchev–Trinajstić information content (AvgIpc) is 2.79. The van der Waals surface area contributed by atoms with Crippen molar-refractivity contribution in [2.75, 3.05) is 40.8 Å². The van der Waals surface area contributed by atoms with Gasteiger partial charge >= 0.3 is 0 Å². The largest absolute Gasteiger partial charge is 0.481 e. The zero-order valence-corrected chi connectivity index (χ0v) is 12.2. The van der Waals surface area contributed by atoms with E-state index in [1.165, 1.54) is 7.11 Å². The third-order valence-corrected chi connectivity index (χ3v) is 3.42. The Morgan fingerprint density at radius 2 is 2.35 bits per heavy atom. The summed E-state index contributed by atoms with van der Waals surface area (Å²) in [5.74, 6) is 0.319. The number of aliphatic hydroxyl groups is 1. The Morgan fingerprint density at radius 3 is 3.00 bits per heavy atom. The Morgan fingerprint density at radius 1 is 1.60 bits per heavy atom. The molecule has 1 aliphatic rings. The molecule has 0 radical (unpaired) electrons. The summed E-state index contributed by atoms with van der Waals surface area (Å²) < 4.78 is 5.02. The van der Waals surface area contributed by atoms with Gasteiger partial charge in [-0.1, -0.05) is 0 Å². The summed E-state index contributed by atoms with van der Waals surface area (Å²) in [6, 6.07) is 3.28. The number of likely N-dealkylation sites (tertiary alicyclic amines) is 1. The number of rotatable bonds is 4. The molecule has 1 atom stereocenters. The summed E-state index contributed by atoms with van der Waals surface area (Å²) in [6.07, 6.45) is 2.15. The number of hydrogen-bond acceptors (Lipinski definition) is 5. The first-order valence-electron chi connectivity index (χ1n) is 6.60. The number of β-amino-alcohol motifs (C(OH)–C–C–N with tert-alkyl or cyclic N) is 1. The molecule has 0 saturated carbocycles. The molecule has 0 unspecified atom stereocenters. The molecule has 2 heterocycles. The van der Waals surface area contributed by atoms with Gasteiger partial charge in [0.25, 0.3) is 5.91 Å². The van der Waals surface area contributed by atoms with Crippen molar-refractivity contribution < 1.29 is 14.6 Å². The highest BCUT2D eigenvalue weighted by atomic mass is 16.5. The predicted octanol–water partition coefficient (Wildman–Crippen LogP) is 0.229. The molecule has 0 aromatic carbocycles. The quantitative estimate of drug-likeness (QED) is 0.854. The fourth-order valence-corrected chi connectivity index (χ4v) is 2.58. The van der Waals surface area contributed by atoms with Crippen LogP contribution >= 0.6 is 0 Å². The van der Waals surface area contributed by atoms with Gasteiger partial charge in [0.1, 0.15) is 0 Å². The molecule has 1 saturated heterocycles. The molecule has 1 aromatic heterocycles. The SMILES string of the molecule is COc1cc(C(=O)N2CC[C@@](O)(CN(C)C)C2)ccn1. The highest BCUT2D eigenvalue weighted by Crippen LogP contribution is 2.24. The van der Waals surface area contributed by atoms with Crippen molar-refractivity contribution in [3.63, 3.8) is 0 Å². The molecular weight excluding hydrogens is 258 g/mol. The minimum absolute atomic E-state index is 0.0969. The molecule has 1 amide bonds. The van der Waals surface area contributed by atoms with Crippen LogP contribution in [0.1, 0.15) is 16.8 Å². The van der Waals surface area contributed by atoms with Crippen LogP contribution in [0.3, 0.4) is 0 Å². The van der Waals surface area contributed by atoms with Crippen LogP contribution in [-0.4, -0.2) is 72.2 Å². The first-order valence-corrected chi connectivity index (χ1v) is 6.60. The maximum Gasteiger partial charge on any atom is 0.254 e. The molecule has 1 N–H and O–H groups in total. The topological polar surface area (TPSA) is 65.9 Å². The standard InChI is InChI=1S/C14H21N3O3/c1-16(2)9-14(19)5-7-17(10-14)13(18)11-4-6-15-12(8-11)20-3/h4,6,8,19H,5,7,9-10H2,1-3H3/t14-/m1/s1. The molecule has 0 spiro atoms. The number of likely N-dealkylation sites (N-methyl/N-ethyl adjacent to an activating group) is 1. The molecule has 1 fully saturated rings. The third kappa shape index (κ3) is 3.26. The Bertz CT molecular complexity index is 492. The van der Waals surface area contributed by atoms with Gasteiger partial charge in [0.05, 0.1) is 19.3 Å². The lowest BCUT2D eigenvalue weighted by molar-refractivity contribution is 0.0236. The molecule has 2 rings (SSSR count). The molecule has 0 bridgehead atoms. The Balaban J connectivity index is 2.07. The van der Waals surface area contributed by atoms with Crippen LogP contribution in [0.5, 0.6) is 5.88 Å². The second-order valence-electron chi connectivity index (χ2n) is 5.53. The zero-order valence-electron chi connectivity index (χ0n) is 12.2. The number of ether oxygens (including phenoxy) is 1. The van der Waals surface area contributed by atoms with Gasteiger partial charge in [-0.15, -0.1) is 0 Å².